The molecule has 0 fully saturated rings. The van der Waals surface area contributed by atoms with Crippen molar-refractivity contribution in [2.24, 2.45) is 0 Å². The summed E-state index contributed by atoms with van der Waals surface area (Å²) < 4.78 is 2.87. The number of nitrogens with zero attached hydrogens (tertiary/aromatic N) is 4. The average Bonchev–Trinajstić information content (AvgIpc) is 3.14. The summed E-state index contributed by atoms with van der Waals surface area (Å²) >= 11 is 6.04. The van der Waals surface area contributed by atoms with E-state index in [2.05, 4.69) is 15.6 Å². The van der Waals surface area contributed by atoms with Gasteiger partial charge in [0.1, 0.15) is 6.54 Å². The van der Waals surface area contributed by atoms with E-state index in [1.54, 1.807) is 18.2 Å². The van der Waals surface area contributed by atoms with Crippen LogP contribution in [0.2, 0.25) is 5.02 Å². The number of nitrogens with one attached hydrogen (secondary N) is 1. The molecule has 0 bridgehead atoms. The number of carbonyl (C=O) groups excluding carboxylic acids is 1. The lowest BCUT2D eigenvalue weighted by molar-refractivity contribution is -0.121. The van der Waals surface area contributed by atoms with Gasteiger partial charge in [-0.25, -0.2) is 0 Å². The predicted octanol–water partition coefficient (Wildman–Crippen LogP) is 2.32. The molecule has 1 N–H and O–H groups in total. The number of amides is 1. The molecular weight excluding hydrogens is 366 g/mol. The predicted molar refractivity (Wildman–Crippen MR) is 103 cm³/mol. The fourth-order valence-corrected chi connectivity index (χ4v) is 3.12. The molecule has 2 aromatic carbocycles. The van der Waals surface area contributed by atoms with Crippen LogP contribution in [0.15, 0.2) is 53.5 Å². The zero-order valence-corrected chi connectivity index (χ0v) is 15.3. The number of carbonyl (C=O) groups is 1. The highest BCUT2D eigenvalue weighted by molar-refractivity contribution is 6.31. The van der Waals surface area contributed by atoms with Gasteiger partial charge in [-0.05, 0) is 30.7 Å². The van der Waals surface area contributed by atoms with Gasteiger partial charge in [-0.15, -0.1) is 5.10 Å². The first kappa shape index (κ1) is 17.2. The van der Waals surface area contributed by atoms with E-state index in [9.17, 15) is 9.59 Å². The standard InChI is InChI=1S/C19H16ClN5O2/c1-12-2-4-13(5-3-12)9-21-17(26)11-24-18-10-22-23-25(18)16-8-14(20)6-7-15(16)19(24)27/h2-8,10H,9,11H2,1H3,(H,21,26). The largest absolute Gasteiger partial charge is 0.350 e. The Morgan fingerprint density at radius 1 is 1.19 bits per heavy atom. The second-order valence-electron chi connectivity index (χ2n) is 6.32. The number of benzene rings is 2. The first-order valence-corrected chi connectivity index (χ1v) is 8.75. The van der Waals surface area contributed by atoms with E-state index in [1.165, 1.54) is 15.3 Å². The average molecular weight is 382 g/mol. The van der Waals surface area contributed by atoms with E-state index >= 15 is 0 Å². The molecule has 0 unspecified atom stereocenters. The fourth-order valence-electron chi connectivity index (χ4n) is 2.95. The maximum Gasteiger partial charge on any atom is 0.262 e. The lowest BCUT2D eigenvalue weighted by atomic mass is 10.1. The number of halogens is 1. The summed E-state index contributed by atoms with van der Waals surface area (Å²) in [5.74, 6) is -0.269. The number of fused-ring (bicyclic) bond motifs is 3. The minimum Gasteiger partial charge on any atom is -0.350 e. The molecule has 4 aromatic rings. The van der Waals surface area contributed by atoms with Crippen molar-refractivity contribution < 1.29 is 4.79 Å². The molecule has 0 aliphatic heterocycles. The Labute approximate surface area is 159 Å². The third-order valence-corrected chi connectivity index (χ3v) is 4.62. The molecule has 0 aliphatic carbocycles. The van der Waals surface area contributed by atoms with Gasteiger partial charge in [0.05, 0.1) is 17.1 Å². The van der Waals surface area contributed by atoms with Crippen LogP contribution in [0.3, 0.4) is 0 Å². The molecule has 0 saturated heterocycles. The van der Waals surface area contributed by atoms with Crippen LogP contribution >= 0.6 is 11.6 Å². The quantitative estimate of drug-likeness (QED) is 0.588. The fraction of sp³-hybridized carbons (Fsp3) is 0.158. The third kappa shape index (κ3) is 3.29. The number of rotatable bonds is 4. The molecule has 4 rings (SSSR count). The molecule has 7 nitrogen and oxygen atoms in total. The smallest absolute Gasteiger partial charge is 0.262 e. The maximum atomic E-state index is 12.9. The Morgan fingerprint density at radius 3 is 2.74 bits per heavy atom. The van der Waals surface area contributed by atoms with Crippen molar-refractivity contribution in [3.63, 3.8) is 0 Å². The van der Waals surface area contributed by atoms with Crippen LogP contribution in [-0.2, 0) is 17.9 Å². The normalized spacial score (nSPS) is 11.2. The third-order valence-electron chi connectivity index (χ3n) is 4.38. The van der Waals surface area contributed by atoms with Crippen LogP contribution in [0, 0.1) is 6.92 Å². The molecular formula is C19H16ClN5O2. The summed E-state index contributed by atoms with van der Waals surface area (Å²) in [6.07, 6.45) is 1.45. The molecule has 136 valence electrons. The molecule has 0 atom stereocenters. The summed E-state index contributed by atoms with van der Waals surface area (Å²) in [5.41, 5.74) is 2.84. The van der Waals surface area contributed by atoms with Crippen molar-refractivity contribution in [2.45, 2.75) is 20.0 Å². The van der Waals surface area contributed by atoms with Gasteiger partial charge in [-0.1, -0.05) is 46.6 Å². The highest BCUT2D eigenvalue weighted by Crippen LogP contribution is 2.17. The summed E-state index contributed by atoms with van der Waals surface area (Å²) in [5, 5.41) is 11.6. The van der Waals surface area contributed by atoms with Gasteiger partial charge in [0, 0.05) is 11.6 Å². The SMILES string of the molecule is Cc1ccc(CNC(=O)Cn2c(=O)c3ccc(Cl)cc3n3nncc23)cc1. The van der Waals surface area contributed by atoms with Gasteiger partial charge in [0.25, 0.3) is 5.56 Å². The Kier molecular flexibility index (Phi) is 4.37. The minimum atomic E-state index is -0.290. The van der Waals surface area contributed by atoms with Crippen LogP contribution < -0.4 is 10.9 Å². The Balaban J connectivity index is 1.64. The van der Waals surface area contributed by atoms with Crippen molar-refractivity contribution >= 4 is 34.1 Å². The zero-order chi connectivity index (χ0) is 19.0. The molecule has 0 saturated carbocycles. The van der Waals surface area contributed by atoms with E-state index < -0.39 is 0 Å². The highest BCUT2D eigenvalue weighted by Gasteiger charge is 2.15. The molecule has 27 heavy (non-hydrogen) atoms. The van der Waals surface area contributed by atoms with Crippen molar-refractivity contribution in [1.29, 1.82) is 0 Å². The first-order chi connectivity index (χ1) is 13.0. The molecule has 0 aliphatic rings. The molecule has 1 amide bonds. The lowest BCUT2D eigenvalue weighted by Gasteiger charge is -2.11. The van der Waals surface area contributed by atoms with Crippen LogP contribution in [0.4, 0.5) is 0 Å². The zero-order valence-electron chi connectivity index (χ0n) is 14.5. The lowest BCUT2D eigenvalue weighted by Crippen LogP contribution is -2.33. The number of hydrogen-bond acceptors (Lipinski definition) is 4. The van der Waals surface area contributed by atoms with Gasteiger partial charge >= 0.3 is 0 Å². The maximum absolute atomic E-state index is 12.9. The number of aromatic nitrogens is 4. The molecule has 2 aromatic heterocycles. The van der Waals surface area contributed by atoms with Crippen LogP contribution in [0.5, 0.6) is 0 Å². The summed E-state index contributed by atoms with van der Waals surface area (Å²) in [7, 11) is 0. The molecule has 8 heteroatoms. The van der Waals surface area contributed by atoms with E-state index in [4.69, 9.17) is 11.6 Å². The van der Waals surface area contributed by atoms with Crippen molar-refractivity contribution in [3.05, 3.63) is 75.2 Å². The van der Waals surface area contributed by atoms with Gasteiger partial charge in [0.2, 0.25) is 5.91 Å². The van der Waals surface area contributed by atoms with Crippen LogP contribution in [0.1, 0.15) is 11.1 Å². The van der Waals surface area contributed by atoms with E-state index in [-0.39, 0.29) is 18.0 Å². The molecule has 0 radical (unpaired) electrons. The minimum absolute atomic E-state index is 0.125. The first-order valence-electron chi connectivity index (χ1n) is 8.37. The van der Waals surface area contributed by atoms with Crippen molar-refractivity contribution in [1.82, 2.24) is 24.7 Å². The number of hydrogen-bond donors (Lipinski definition) is 1. The monoisotopic (exact) mass is 381 g/mol. The second kappa shape index (κ2) is 6.85. The van der Waals surface area contributed by atoms with E-state index in [1.807, 2.05) is 31.2 Å². The molecule has 2 heterocycles. The topological polar surface area (TPSA) is 81.3 Å². The second-order valence-corrected chi connectivity index (χ2v) is 6.76. The highest BCUT2D eigenvalue weighted by atomic mass is 35.5. The van der Waals surface area contributed by atoms with Crippen LogP contribution in [-0.4, -0.2) is 25.3 Å². The van der Waals surface area contributed by atoms with E-state index in [0.29, 0.717) is 28.1 Å². The summed E-state index contributed by atoms with van der Waals surface area (Å²) in [6, 6.07) is 12.8. The van der Waals surface area contributed by atoms with Crippen molar-refractivity contribution in [3.8, 4) is 0 Å². The Hall–Kier alpha value is -3.19. The van der Waals surface area contributed by atoms with Crippen LogP contribution in [0.25, 0.3) is 16.6 Å². The Morgan fingerprint density at radius 2 is 1.96 bits per heavy atom. The van der Waals surface area contributed by atoms with Gasteiger partial charge in [0.15, 0.2) is 5.65 Å². The Bertz CT molecular complexity index is 1210. The van der Waals surface area contributed by atoms with Gasteiger partial charge in [-0.2, -0.15) is 4.52 Å². The summed E-state index contributed by atoms with van der Waals surface area (Å²) in [4.78, 5) is 25.3. The van der Waals surface area contributed by atoms with Crippen molar-refractivity contribution in [2.75, 3.05) is 0 Å². The van der Waals surface area contributed by atoms with E-state index in [0.717, 1.165) is 11.1 Å². The molecule has 0 spiro atoms. The van der Waals surface area contributed by atoms with Gasteiger partial charge in [-0.3, -0.25) is 14.2 Å². The summed E-state index contributed by atoms with van der Waals surface area (Å²) in [6.45, 7) is 2.28. The van der Waals surface area contributed by atoms with Gasteiger partial charge < -0.3 is 5.32 Å². The number of aryl methyl sites for hydroxylation is 1.